The second kappa shape index (κ2) is 5.29. The molecule has 0 fully saturated rings. The summed E-state index contributed by atoms with van der Waals surface area (Å²) in [5.41, 5.74) is -0.627. The molecule has 0 saturated heterocycles. The molecule has 0 aromatic heterocycles. The highest BCUT2D eigenvalue weighted by Crippen LogP contribution is 2.28. The lowest BCUT2D eigenvalue weighted by molar-refractivity contribution is -0.143. The Labute approximate surface area is 107 Å². The molecule has 0 radical (unpaired) electrons. The van der Waals surface area contributed by atoms with E-state index in [0.717, 1.165) is 10.8 Å². The van der Waals surface area contributed by atoms with E-state index in [1.54, 1.807) is 12.1 Å². The number of rotatable bonds is 3. The summed E-state index contributed by atoms with van der Waals surface area (Å²) >= 11 is -2.27. The minimum absolute atomic E-state index is 0.532. The fourth-order valence-electron chi connectivity index (χ4n) is 1.82. The number of carbonyl (C=O) groups is 1. The quantitative estimate of drug-likeness (QED) is 0.683. The molecule has 18 heavy (non-hydrogen) atoms. The molecule has 5 heteroatoms. The number of hydrogen-bond acceptors (Lipinski definition) is 3. The lowest BCUT2D eigenvalue weighted by atomic mass is 10.1. The molecule has 0 amide bonds. The minimum Gasteiger partial charge on any atom is -0.441 e. The summed E-state index contributed by atoms with van der Waals surface area (Å²) in [6, 6.07) is 12.8. The number of hydrogen-bond donors (Lipinski definition) is 1. The molecular weight excluding hydrogens is 252 g/mol. The van der Waals surface area contributed by atoms with E-state index in [1.165, 1.54) is 6.92 Å². The van der Waals surface area contributed by atoms with Gasteiger partial charge in [-0.3, -0.25) is 4.79 Å². The topological polar surface area (TPSA) is 63.6 Å². The molecule has 1 N–H and O–H groups in total. The van der Waals surface area contributed by atoms with Gasteiger partial charge in [-0.05, 0) is 10.8 Å². The third-order valence-electron chi connectivity index (χ3n) is 2.53. The zero-order valence-corrected chi connectivity index (χ0v) is 10.5. The Morgan fingerprint density at radius 2 is 1.89 bits per heavy atom. The van der Waals surface area contributed by atoms with Gasteiger partial charge in [0.25, 0.3) is 0 Å². The van der Waals surface area contributed by atoms with Crippen molar-refractivity contribution in [3.05, 3.63) is 48.0 Å². The molecule has 0 aliphatic heterocycles. The van der Waals surface area contributed by atoms with Gasteiger partial charge < -0.3 is 9.29 Å². The molecule has 2 atom stereocenters. The maximum Gasteiger partial charge on any atom is 0.304 e. The van der Waals surface area contributed by atoms with Crippen LogP contribution in [-0.4, -0.2) is 14.7 Å². The first-order valence-electron chi connectivity index (χ1n) is 5.34. The van der Waals surface area contributed by atoms with E-state index in [9.17, 15) is 13.6 Å². The first-order chi connectivity index (χ1) is 8.59. The lowest BCUT2D eigenvalue weighted by Gasteiger charge is -2.15. The van der Waals surface area contributed by atoms with Crippen LogP contribution in [0.15, 0.2) is 42.5 Å². The minimum atomic E-state index is -2.27. The molecule has 2 aromatic carbocycles. The van der Waals surface area contributed by atoms with Crippen molar-refractivity contribution in [1.29, 1.82) is 0 Å². The van der Waals surface area contributed by atoms with Gasteiger partial charge in [0.1, 0.15) is 0 Å². The van der Waals surface area contributed by atoms with Crippen LogP contribution in [0.2, 0.25) is 0 Å². The lowest BCUT2D eigenvalue weighted by Crippen LogP contribution is -2.13. The van der Waals surface area contributed by atoms with E-state index in [0.29, 0.717) is 5.56 Å². The van der Waals surface area contributed by atoms with Gasteiger partial charge in [0.05, 0.1) is 0 Å². The van der Waals surface area contributed by atoms with Crippen molar-refractivity contribution < 1.29 is 18.3 Å². The molecule has 94 valence electrons. The summed E-state index contributed by atoms with van der Waals surface area (Å²) < 4.78 is 25.5. The third kappa shape index (κ3) is 2.57. The zero-order chi connectivity index (χ0) is 13.1. The molecule has 0 aliphatic rings. The Bertz CT molecular complexity index is 603. The Kier molecular flexibility index (Phi) is 3.74. The second-order valence-electron chi connectivity index (χ2n) is 3.79. The molecule has 0 aliphatic carbocycles. The van der Waals surface area contributed by atoms with Crippen LogP contribution >= 0.6 is 0 Å². The maximum absolute atomic E-state index is 11.3. The summed E-state index contributed by atoms with van der Waals surface area (Å²) in [5, 5.41) is 1.73. The van der Waals surface area contributed by atoms with Gasteiger partial charge in [-0.1, -0.05) is 42.5 Å². The van der Waals surface area contributed by atoms with Gasteiger partial charge in [-0.2, -0.15) is 0 Å². The SMILES string of the molecule is CC(=O)OC(c1cccc2ccccc12)S(=O)O. The molecule has 0 saturated carbocycles. The van der Waals surface area contributed by atoms with Gasteiger partial charge in [0, 0.05) is 12.5 Å². The van der Waals surface area contributed by atoms with Crippen LogP contribution in [-0.2, 0) is 20.6 Å². The summed E-state index contributed by atoms with van der Waals surface area (Å²) in [7, 11) is 0. The van der Waals surface area contributed by atoms with E-state index in [1.807, 2.05) is 30.3 Å². The summed E-state index contributed by atoms with van der Waals surface area (Å²) in [4.78, 5) is 11.0. The normalized spacial score (nSPS) is 14.1. The van der Waals surface area contributed by atoms with Crippen LogP contribution in [0, 0.1) is 0 Å². The smallest absolute Gasteiger partial charge is 0.304 e. The van der Waals surface area contributed by atoms with Crippen LogP contribution in [0.3, 0.4) is 0 Å². The van der Waals surface area contributed by atoms with Gasteiger partial charge in [0.15, 0.2) is 11.1 Å². The van der Waals surface area contributed by atoms with Crippen molar-refractivity contribution in [2.75, 3.05) is 0 Å². The fraction of sp³-hybridized carbons (Fsp3) is 0.154. The van der Waals surface area contributed by atoms with E-state index < -0.39 is 22.5 Å². The van der Waals surface area contributed by atoms with Crippen molar-refractivity contribution in [3.8, 4) is 0 Å². The summed E-state index contributed by atoms with van der Waals surface area (Å²) in [6.07, 6.45) is 0. The van der Waals surface area contributed by atoms with Crippen LogP contribution in [0.4, 0.5) is 0 Å². The van der Waals surface area contributed by atoms with E-state index in [4.69, 9.17) is 4.74 Å². The van der Waals surface area contributed by atoms with Crippen LogP contribution in [0.1, 0.15) is 17.9 Å². The first-order valence-corrected chi connectivity index (χ1v) is 6.51. The van der Waals surface area contributed by atoms with Crippen molar-refractivity contribution >= 4 is 27.8 Å². The van der Waals surface area contributed by atoms with Gasteiger partial charge >= 0.3 is 5.97 Å². The molecule has 0 spiro atoms. The highest BCUT2D eigenvalue weighted by Gasteiger charge is 2.22. The molecule has 0 bridgehead atoms. The predicted molar refractivity (Wildman–Crippen MR) is 69.2 cm³/mol. The number of ether oxygens (including phenoxy) is 1. The number of esters is 1. The third-order valence-corrected chi connectivity index (χ3v) is 3.25. The molecule has 4 nitrogen and oxygen atoms in total. The molecular formula is C13H12O4S. The average molecular weight is 264 g/mol. The Balaban J connectivity index is 2.57. The largest absolute Gasteiger partial charge is 0.441 e. The molecule has 2 aromatic rings. The number of carbonyl (C=O) groups excluding carboxylic acids is 1. The molecule has 2 unspecified atom stereocenters. The Morgan fingerprint density at radius 1 is 1.22 bits per heavy atom. The highest BCUT2D eigenvalue weighted by molar-refractivity contribution is 7.79. The van der Waals surface area contributed by atoms with Crippen molar-refractivity contribution in [1.82, 2.24) is 0 Å². The summed E-state index contributed by atoms with van der Waals surface area (Å²) in [6.45, 7) is 1.21. The number of benzene rings is 2. The van der Waals surface area contributed by atoms with Gasteiger partial charge in [-0.25, -0.2) is 4.21 Å². The fourth-order valence-corrected chi connectivity index (χ4v) is 2.46. The van der Waals surface area contributed by atoms with Gasteiger partial charge in [0.2, 0.25) is 5.44 Å². The molecule has 2 rings (SSSR count). The van der Waals surface area contributed by atoms with Crippen molar-refractivity contribution in [3.63, 3.8) is 0 Å². The van der Waals surface area contributed by atoms with Crippen LogP contribution in [0.25, 0.3) is 10.8 Å². The maximum atomic E-state index is 11.3. The Hall–Kier alpha value is -1.72. The highest BCUT2D eigenvalue weighted by atomic mass is 32.2. The standard InChI is InChI=1S/C13H12O4S/c1-9(14)17-13(18(15)16)12-8-4-6-10-5-2-3-7-11(10)12/h2-8,13H,1H3,(H,15,16). The Morgan fingerprint density at radius 3 is 2.56 bits per heavy atom. The van der Waals surface area contributed by atoms with E-state index in [2.05, 4.69) is 0 Å². The average Bonchev–Trinajstić information content (AvgIpc) is 2.35. The monoisotopic (exact) mass is 264 g/mol. The summed E-state index contributed by atoms with van der Waals surface area (Å²) in [5.74, 6) is -0.588. The van der Waals surface area contributed by atoms with Crippen molar-refractivity contribution in [2.24, 2.45) is 0 Å². The predicted octanol–water partition coefficient (Wildman–Crippen LogP) is 2.62. The van der Waals surface area contributed by atoms with Crippen LogP contribution in [0.5, 0.6) is 0 Å². The van der Waals surface area contributed by atoms with Crippen molar-refractivity contribution in [2.45, 2.75) is 12.4 Å². The van der Waals surface area contributed by atoms with Crippen LogP contribution < -0.4 is 0 Å². The van der Waals surface area contributed by atoms with E-state index >= 15 is 0 Å². The van der Waals surface area contributed by atoms with E-state index in [-0.39, 0.29) is 0 Å². The second-order valence-corrected chi connectivity index (χ2v) is 4.77. The zero-order valence-electron chi connectivity index (χ0n) is 9.70. The number of fused-ring (bicyclic) bond motifs is 1. The molecule has 0 heterocycles. The first kappa shape index (κ1) is 12.7. The van der Waals surface area contributed by atoms with Gasteiger partial charge in [-0.15, -0.1) is 0 Å².